The van der Waals surface area contributed by atoms with Crippen molar-refractivity contribution in [2.45, 2.75) is 4.90 Å². The second-order valence-corrected chi connectivity index (χ2v) is 5.87. The molecule has 104 valence electrons. The average molecular weight is 354 g/mol. The highest BCUT2D eigenvalue weighted by Gasteiger charge is 2.10. The van der Waals surface area contributed by atoms with Gasteiger partial charge in [0.05, 0.1) is 11.4 Å². The Morgan fingerprint density at radius 1 is 1.20 bits per heavy atom. The number of benzene rings is 1. The summed E-state index contributed by atoms with van der Waals surface area (Å²) in [4.78, 5) is 26.9. The molecule has 1 N–H and O–H groups in total. The molecule has 0 atom stereocenters. The molecule has 0 amide bonds. The molecular weight excluding hydrogens is 342 g/mol. The maximum absolute atomic E-state index is 11.6. The molecule has 0 saturated carbocycles. The second-order valence-electron chi connectivity index (χ2n) is 3.91. The Labute approximate surface area is 129 Å². The zero-order valence-corrected chi connectivity index (χ0v) is 12.9. The summed E-state index contributed by atoms with van der Waals surface area (Å²) < 4.78 is 5.92. The third-order valence-corrected chi connectivity index (χ3v) is 3.95. The van der Waals surface area contributed by atoms with E-state index >= 15 is 0 Å². The fourth-order valence-corrected chi connectivity index (χ4v) is 2.40. The van der Waals surface area contributed by atoms with Crippen molar-refractivity contribution in [1.29, 1.82) is 0 Å². The largest absolute Gasteiger partial charge is 0.457 e. The summed E-state index contributed by atoms with van der Waals surface area (Å²) in [5.41, 5.74) is 0.443. The van der Waals surface area contributed by atoms with Crippen molar-refractivity contribution in [3.63, 3.8) is 0 Å². The monoisotopic (exact) mass is 353 g/mol. The molecule has 1 heterocycles. The van der Waals surface area contributed by atoms with Gasteiger partial charge in [-0.15, -0.1) is 11.8 Å². The molecule has 0 spiro atoms. The average Bonchev–Trinajstić information content (AvgIpc) is 2.98. The number of carbonyl (C=O) groups is 2. The molecular formula is C14H12BrNO3S. The van der Waals surface area contributed by atoms with Crippen LogP contribution in [0.3, 0.4) is 0 Å². The minimum atomic E-state index is -0.405. The van der Waals surface area contributed by atoms with Gasteiger partial charge in [0.1, 0.15) is 0 Å². The predicted octanol–water partition coefficient (Wildman–Crippen LogP) is 3.30. The molecule has 2 aromatic rings. The van der Waals surface area contributed by atoms with E-state index in [0.29, 0.717) is 5.69 Å². The first-order valence-electron chi connectivity index (χ1n) is 5.86. The number of thioether (sulfide) groups is 1. The highest BCUT2D eigenvalue weighted by atomic mass is 79.9. The Morgan fingerprint density at radius 2 is 1.95 bits per heavy atom. The maximum atomic E-state index is 11.6. The molecule has 1 aromatic heterocycles. The van der Waals surface area contributed by atoms with E-state index in [2.05, 4.69) is 20.9 Å². The van der Waals surface area contributed by atoms with Gasteiger partial charge in [-0.25, -0.2) is 0 Å². The zero-order chi connectivity index (χ0) is 14.4. The Kier molecular flexibility index (Phi) is 5.43. The van der Waals surface area contributed by atoms with Gasteiger partial charge < -0.3 is 9.72 Å². The first-order valence-corrected chi connectivity index (χ1v) is 7.63. The standard InChI is InChI=1S/C14H12BrNO3S/c15-10-3-5-11(6-4-10)20-9-14(18)19-8-13(17)12-2-1-7-16-12/h1-7,16H,8-9H2. The molecule has 4 nitrogen and oxygen atoms in total. The van der Waals surface area contributed by atoms with Crippen LogP contribution >= 0.6 is 27.7 Å². The zero-order valence-electron chi connectivity index (χ0n) is 10.5. The third kappa shape index (κ3) is 4.54. The number of ketones is 1. The van der Waals surface area contributed by atoms with E-state index in [9.17, 15) is 9.59 Å². The van der Waals surface area contributed by atoms with Crippen molar-refractivity contribution >= 4 is 39.4 Å². The number of aromatic nitrogens is 1. The number of carbonyl (C=O) groups excluding carboxylic acids is 2. The number of hydrogen-bond donors (Lipinski definition) is 1. The van der Waals surface area contributed by atoms with Gasteiger partial charge in [0.25, 0.3) is 0 Å². The van der Waals surface area contributed by atoms with E-state index < -0.39 is 5.97 Å². The summed E-state index contributed by atoms with van der Waals surface area (Å²) in [5.74, 6) is -0.463. The molecule has 0 bridgehead atoms. The Morgan fingerprint density at radius 3 is 2.60 bits per heavy atom. The summed E-state index contributed by atoms with van der Waals surface area (Å²) >= 11 is 4.72. The summed E-state index contributed by atoms with van der Waals surface area (Å²) in [6.07, 6.45) is 1.65. The van der Waals surface area contributed by atoms with Crippen molar-refractivity contribution in [3.8, 4) is 0 Å². The lowest BCUT2D eigenvalue weighted by Gasteiger charge is -2.04. The molecule has 0 fully saturated rings. The van der Waals surface area contributed by atoms with Crippen LogP contribution in [0.2, 0.25) is 0 Å². The fraction of sp³-hybridized carbons (Fsp3) is 0.143. The van der Waals surface area contributed by atoms with E-state index in [1.807, 2.05) is 24.3 Å². The number of H-pyrrole nitrogens is 1. The third-order valence-electron chi connectivity index (χ3n) is 2.43. The van der Waals surface area contributed by atoms with Crippen molar-refractivity contribution in [1.82, 2.24) is 4.98 Å². The maximum Gasteiger partial charge on any atom is 0.316 e. The van der Waals surface area contributed by atoms with Gasteiger partial charge in [-0.2, -0.15) is 0 Å². The number of hydrogen-bond acceptors (Lipinski definition) is 4. The second kappa shape index (κ2) is 7.31. The topological polar surface area (TPSA) is 59.2 Å². The lowest BCUT2D eigenvalue weighted by molar-refractivity contribution is -0.139. The predicted molar refractivity (Wildman–Crippen MR) is 80.9 cm³/mol. The van der Waals surface area contributed by atoms with Gasteiger partial charge in [0.2, 0.25) is 5.78 Å². The van der Waals surface area contributed by atoms with Crippen molar-refractivity contribution < 1.29 is 14.3 Å². The van der Waals surface area contributed by atoms with Gasteiger partial charge in [-0.3, -0.25) is 9.59 Å². The van der Waals surface area contributed by atoms with Crippen molar-refractivity contribution in [2.24, 2.45) is 0 Å². The number of aromatic amines is 1. The van der Waals surface area contributed by atoms with Gasteiger partial charge in [-0.05, 0) is 36.4 Å². The lowest BCUT2D eigenvalue weighted by Crippen LogP contribution is -2.15. The minimum absolute atomic E-state index is 0.180. The minimum Gasteiger partial charge on any atom is -0.457 e. The Balaban J connectivity index is 1.73. The Hall–Kier alpha value is -1.53. The van der Waals surface area contributed by atoms with Crippen LogP contribution in [0.25, 0.3) is 0 Å². The van der Waals surface area contributed by atoms with Crippen molar-refractivity contribution in [3.05, 3.63) is 52.8 Å². The van der Waals surface area contributed by atoms with E-state index in [4.69, 9.17) is 4.74 Å². The van der Waals surface area contributed by atoms with Gasteiger partial charge >= 0.3 is 5.97 Å². The van der Waals surface area contributed by atoms with Crippen LogP contribution in [0.1, 0.15) is 10.5 Å². The highest BCUT2D eigenvalue weighted by molar-refractivity contribution is 9.10. The van der Waals surface area contributed by atoms with Gasteiger partial charge in [0, 0.05) is 15.6 Å². The van der Waals surface area contributed by atoms with Crippen LogP contribution in [0, 0.1) is 0 Å². The molecule has 6 heteroatoms. The molecule has 2 rings (SSSR count). The van der Waals surface area contributed by atoms with Crippen LogP contribution < -0.4 is 0 Å². The molecule has 0 aliphatic rings. The SMILES string of the molecule is O=C(CSc1ccc(Br)cc1)OCC(=O)c1ccc[nH]1. The number of esters is 1. The molecule has 1 aromatic carbocycles. The van der Waals surface area contributed by atoms with Gasteiger partial charge in [-0.1, -0.05) is 15.9 Å². The first-order chi connectivity index (χ1) is 9.65. The Bertz CT molecular complexity index is 581. The lowest BCUT2D eigenvalue weighted by atomic mass is 10.3. The first kappa shape index (κ1) is 14.9. The van der Waals surface area contributed by atoms with E-state index in [-0.39, 0.29) is 18.1 Å². The molecule has 0 aliphatic heterocycles. The van der Waals surface area contributed by atoms with Crippen LogP contribution in [-0.4, -0.2) is 29.1 Å². The van der Waals surface area contributed by atoms with Crippen LogP contribution in [0.4, 0.5) is 0 Å². The molecule has 0 unspecified atom stereocenters. The van der Waals surface area contributed by atoms with Crippen LogP contribution in [0.5, 0.6) is 0 Å². The van der Waals surface area contributed by atoms with E-state index in [0.717, 1.165) is 9.37 Å². The fourth-order valence-electron chi connectivity index (χ4n) is 1.44. The summed E-state index contributed by atoms with van der Waals surface area (Å²) in [5, 5.41) is 0. The highest BCUT2D eigenvalue weighted by Crippen LogP contribution is 2.20. The number of Topliss-reactive ketones (excluding diaryl/α,β-unsaturated/α-hetero) is 1. The molecule has 20 heavy (non-hydrogen) atoms. The van der Waals surface area contributed by atoms with E-state index in [1.165, 1.54) is 11.8 Å². The van der Waals surface area contributed by atoms with Crippen LogP contribution in [0.15, 0.2) is 52.0 Å². The number of rotatable bonds is 6. The van der Waals surface area contributed by atoms with Crippen molar-refractivity contribution in [2.75, 3.05) is 12.4 Å². The normalized spacial score (nSPS) is 10.2. The number of ether oxygens (including phenoxy) is 1. The molecule has 0 saturated heterocycles. The summed E-state index contributed by atoms with van der Waals surface area (Å²) in [6.45, 7) is -0.236. The van der Waals surface area contributed by atoms with Crippen LogP contribution in [-0.2, 0) is 9.53 Å². The molecule has 0 aliphatic carbocycles. The van der Waals surface area contributed by atoms with Gasteiger partial charge in [0.15, 0.2) is 6.61 Å². The van der Waals surface area contributed by atoms with E-state index in [1.54, 1.807) is 18.3 Å². The quantitative estimate of drug-likeness (QED) is 0.491. The smallest absolute Gasteiger partial charge is 0.316 e. The number of halogens is 1. The summed E-state index contributed by atoms with van der Waals surface area (Å²) in [6, 6.07) is 11.0. The summed E-state index contributed by atoms with van der Waals surface area (Å²) in [7, 11) is 0. The number of nitrogens with one attached hydrogen (secondary N) is 1. The molecule has 0 radical (unpaired) electrons.